The summed E-state index contributed by atoms with van der Waals surface area (Å²) in [7, 11) is 0. The number of fused-ring (bicyclic) bond motifs is 16. The first kappa shape index (κ1) is 35.4. The van der Waals surface area contributed by atoms with Crippen molar-refractivity contribution in [3.63, 3.8) is 0 Å². The minimum Gasteiger partial charge on any atom is -0.483 e. The van der Waals surface area contributed by atoms with Crippen molar-refractivity contribution in [1.82, 2.24) is 20.4 Å². The van der Waals surface area contributed by atoms with Crippen molar-refractivity contribution in [2.45, 2.75) is 39.3 Å². The summed E-state index contributed by atoms with van der Waals surface area (Å²) in [6.45, 7) is 0.285. The van der Waals surface area contributed by atoms with Crippen LogP contribution in [-0.2, 0) is 39.3 Å². The number of rotatable bonds is 0. The van der Waals surface area contributed by atoms with Gasteiger partial charge >= 0.3 is 0 Å². The van der Waals surface area contributed by atoms with Crippen LogP contribution in [0.1, 0.15) is 45.8 Å². The zero-order valence-corrected chi connectivity index (χ0v) is 32.3. The van der Waals surface area contributed by atoms with Crippen LogP contribution in [0.25, 0.3) is 43.1 Å². The SMILES string of the molecule is c1ccc2c3c(ccc2c1)OCc1nnc(o1)COc1ccc2ccccc2c1Cc1c(ccc2ccccc12)OCc1nnc(o1)COc1ccc2ccccc2c1C3. The predicted octanol–water partition coefficient (Wildman–Crippen LogP) is 10.9. The maximum absolute atomic E-state index is 6.53. The molecule has 1 aliphatic rings. The maximum Gasteiger partial charge on any atom is 0.254 e. The Morgan fingerprint density at radius 2 is 0.533 bits per heavy atom. The zero-order valence-electron chi connectivity index (χ0n) is 32.3. The second kappa shape index (κ2) is 15.2. The first-order valence-corrected chi connectivity index (χ1v) is 19.9. The Kier molecular flexibility index (Phi) is 8.99. The van der Waals surface area contributed by atoms with E-state index in [9.17, 15) is 0 Å². The molecule has 0 radical (unpaired) electrons. The van der Waals surface area contributed by atoms with E-state index in [-0.39, 0.29) is 26.4 Å². The summed E-state index contributed by atoms with van der Waals surface area (Å²) in [5.74, 6) is 4.17. The summed E-state index contributed by atoms with van der Waals surface area (Å²) >= 11 is 0. The Bertz CT molecular complexity index is 2790. The lowest BCUT2D eigenvalue weighted by molar-refractivity contribution is 0.228. The number of aromatic nitrogens is 4. The number of ether oxygens (including phenoxy) is 4. The number of hydrogen-bond acceptors (Lipinski definition) is 10. The van der Waals surface area contributed by atoms with Gasteiger partial charge in [-0.15, -0.1) is 20.4 Å². The molecule has 10 aromatic rings. The third-order valence-electron chi connectivity index (χ3n) is 11.1. The van der Waals surface area contributed by atoms with E-state index in [1.165, 1.54) is 0 Å². The van der Waals surface area contributed by atoms with Gasteiger partial charge in [0.1, 0.15) is 23.0 Å². The molecule has 0 amide bonds. The molecule has 10 nitrogen and oxygen atoms in total. The van der Waals surface area contributed by atoms with E-state index in [1.54, 1.807) is 0 Å². The van der Waals surface area contributed by atoms with Gasteiger partial charge in [0.15, 0.2) is 26.4 Å². The van der Waals surface area contributed by atoms with Crippen molar-refractivity contribution in [2.75, 3.05) is 0 Å². The fourth-order valence-electron chi connectivity index (χ4n) is 8.26. The highest BCUT2D eigenvalue weighted by Gasteiger charge is 2.21. The molecule has 10 heteroatoms. The Labute approximate surface area is 343 Å². The van der Waals surface area contributed by atoms with Crippen LogP contribution in [-0.4, -0.2) is 20.4 Å². The molecule has 0 unspecified atom stereocenters. The van der Waals surface area contributed by atoms with E-state index in [4.69, 9.17) is 27.8 Å². The van der Waals surface area contributed by atoms with Gasteiger partial charge in [0, 0.05) is 35.1 Å². The quantitative estimate of drug-likeness (QED) is 0.147. The van der Waals surface area contributed by atoms with Gasteiger partial charge in [-0.05, 0) is 67.4 Å². The maximum atomic E-state index is 6.53. The summed E-state index contributed by atoms with van der Waals surface area (Å²) in [5.41, 5.74) is 4.00. The van der Waals surface area contributed by atoms with Crippen molar-refractivity contribution in [2.24, 2.45) is 0 Å². The molecule has 2 aromatic heterocycles. The molecule has 1 aliphatic heterocycles. The van der Waals surface area contributed by atoms with E-state index in [0.717, 1.165) is 65.3 Å². The molecule has 292 valence electrons. The van der Waals surface area contributed by atoms with Gasteiger partial charge < -0.3 is 27.8 Å². The summed E-state index contributed by atoms with van der Waals surface area (Å²) in [5, 5.41) is 26.0. The lowest BCUT2D eigenvalue weighted by Gasteiger charge is -2.18. The van der Waals surface area contributed by atoms with Crippen LogP contribution in [0, 0.1) is 0 Å². The third kappa shape index (κ3) is 6.77. The molecule has 60 heavy (non-hydrogen) atoms. The fraction of sp³-hybridized carbons (Fsp3) is 0.120. The van der Waals surface area contributed by atoms with Gasteiger partial charge in [0.2, 0.25) is 0 Å². The molecule has 4 bridgehead atoms. The minimum atomic E-state index is 0.0712. The van der Waals surface area contributed by atoms with E-state index in [2.05, 4.69) is 93.2 Å². The van der Waals surface area contributed by atoms with Crippen LogP contribution >= 0.6 is 0 Å². The Morgan fingerprint density at radius 3 is 0.800 bits per heavy atom. The molecule has 0 spiro atoms. The normalized spacial score (nSPS) is 13.5. The van der Waals surface area contributed by atoms with Crippen LogP contribution in [0.5, 0.6) is 23.0 Å². The molecule has 0 saturated carbocycles. The van der Waals surface area contributed by atoms with Gasteiger partial charge in [-0.1, -0.05) is 121 Å². The second-order valence-electron chi connectivity index (χ2n) is 14.7. The van der Waals surface area contributed by atoms with Crippen molar-refractivity contribution < 1.29 is 27.8 Å². The fourth-order valence-corrected chi connectivity index (χ4v) is 8.26. The Hall–Kier alpha value is -7.72. The third-order valence-corrected chi connectivity index (χ3v) is 11.1. The highest BCUT2D eigenvalue weighted by molar-refractivity contribution is 5.93. The van der Waals surface area contributed by atoms with E-state index in [1.807, 2.05) is 72.8 Å². The molecule has 3 heterocycles. The summed E-state index contributed by atoms with van der Waals surface area (Å²) in [6, 6.07) is 49.4. The molecule has 0 N–H and O–H groups in total. The molecule has 8 aromatic carbocycles. The van der Waals surface area contributed by atoms with E-state index in [0.29, 0.717) is 59.4 Å². The summed E-state index contributed by atoms with van der Waals surface area (Å²) in [6.07, 6.45) is 1.03. The van der Waals surface area contributed by atoms with Gasteiger partial charge in [-0.3, -0.25) is 0 Å². The molecular weight excluding hydrogens is 753 g/mol. The Morgan fingerprint density at radius 1 is 0.283 bits per heavy atom. The summed E-state index contributed by atoms with van der Waals surface area (Å²) < 4.78 is 38.4. The largest absolute Gasteiger partial charge is 0.483 e. The topological polar surface area (TPSA) is 115 Å². The summed E-state index contributed by atoms with van der Waals surface area (Å²) in [4.78, 5) is 0. The molecule has 11 rings (SSSR count). The average molecular weight is 789 g/mol. The highest BCUT2D eigenvalue weighted by atomic mass is 16.5. The van der Waals surface area contributed by atoms with Crippen molar-refractivity contribution in [3.05, 3.63) is 191 Å². The monoisotopic (exact) mass is 788 g/mol. The second-order valence-corrected chi connectivity index (χ2v) is 14.7. The Balaban J connectivity index is 1.01. The average Bonchev–Trinajstić information content (AvgIpc) is 3.97. The standard InChI is InChI=1S/C50H36N4O6/c1-5-13-35-31(9-1)17-21-43-39(35)25-40-36-14-6-2-10-32(36)18-22-44(40)56-28-48-53-54-50(60-48)30-58-46-24-20-34-12-4-8-16-38(34)42(46)26-41-37-15-7-3-11-33(37)19-23-45(41)57-29-49-52-51-47(59-49)27-55-43/h1-24H,25-30H2. The van der Waals surface area contributed by atoms with E-state index >= 15 is 0 Å². The van der Waals surface area contributed by atoms with Crippen LogP contribution in [0.4, 0.5) is 0 Å². The molecule has 0 saturated heterocycles. The van der Waals surface area contributed by atoms with Crippen molar-refractivity contribution in [1.29, 1.82) is 0 Å². The lowest BCUT2D eigenvalue weighted by Crippen LogP contribution is -2.04. The predicted molar refractivity (Wildman–Crippen MR) is 227 cm³/mol. The number of nitrogens with zero attached hydrogens (tertiary/aromatic N) is 4. The lowest BCUT2D eigenvalue weighted by atomic mass is 9.93. The van der Waals surface area contributed by atoms with Gasteiger partial charge in [0.05, 0.1) is 0 Å². The molecular formula is C50H36N4O6. The number of hydrogen-bond donors (Lipinski definition) is 0. The highest BCUT2D eigenvalue weighted by Crippen LogP contribution is 2.39. The van der Waals surface area contributed by atoms with Crippen LogP contribution in [0.15, 0.2) is 154 Å². The van der Waals surface area contributed by atoms with Crippen LogP contribution in [0.2, 0.25) is 0 Å². The first-order chi connectivity index (χ1) is 29.7. The van der Waals surface area contributed by atoms with Gasteiger partial charge in [-0.25, -0.2) is 0 Å². The molecule has 0 atom stereocenters. The smallest absolute Gasteiger partial charge is 0.254 e. The zero-order chi connectivity index (χ0) is 39.8. The van der Waals surface area contributed by atoms with E-state index < -0.39 is 0 Å². The van der Waals surface area contributed by atoms with Crippen molar-refractivity contribution in [3.8, 4) is 23.0 Å². The van der Waals surface area contributed by atoms with Gasteiger partial charge in [-0.2, -0.15) is 0 Å². The number of benzene rings is 8. The molecule has 0 fully saturated rings. The van der Waals surface area contributed by atoms with Gasteiger partial charge in [0.25, 0.3) is 23.6 Å². The van der Waals surface area contributed by atoms with Crippen molar-refractivity contribution >= 4 is 43.1 Å². The van der Waals surface area contributed by atoms with Crippen LogP contribution < -0.4 is 18.9 Å². The van der Waals surface area contributed by atoms with Crippen LogP contribution in [0.3, 0.4) is 0 Å². The first-order valence-electron chi connectivity index (χ1n) is 19.9. The minimum absolute atomic E-state index is 0.0712. The molecule has 0 aliphatic carbocycles.